The first-order valence-electron chi connectivity index (χ1n) is 6.39. The molecular formula is C15H16N2O4. The van der Waals surface area contributed by atoms with Crippen molar-refractivity contribution in [3.05, 3.63) is 53.5 Å². The second-order valence-electron chi connectivity index (χ2n) is 4.54. The van der Waals surface area contributed by atoms with Gasteiger partial charge >= 0.3 is 5.91 Å². The molecule has 0 bridgehead atoms. The number of carbonyl (C=O) groups excluding carboxylic acids is 2. The van der Waals surface area contributed by atoms with E-state index >= 15 is 0 Å². The van der Waals surface area contributed by atoms with Crippen molar-refractivity contribution in [2.75, 3.05) is 6.61 Å². The maximum atomic E-state index is 11.6. The van der Waals surface area contributed by atoms with Gasteiger partial charge in [-0.05, 0) is 43.2 Å². The first-order chi connectivity index (χ1) is 10.1. The van der Waals surface area contributed by atoms with Crippen LogP contribution in [-0.2, 0) is 4.79 Å². The molecule has 2 aromatic rings. The summed E-state index contributed by atoms with van der Waals surface area (Å²) < 4.78 is 10.3. The van der Waals surface area contributed by atoms with Gasteiger partial charge in [0.25, 0.3) is 5.91 Å². The van der Waals surface area contributed by atoms with Crippen molar-refractivity contribution in [2.24, 2.45) is 0 Å². The van der Waals surface area contributed by atoms with Gasteiger partial charge in [-0.1, -0.05) is 12.1 Å². The number of aryl methyl sites for hydroxylation is 2. The van der Waals surface area contributed by atoms with Crippen LogP contribution in [0.1, 0.15) is 21.7 Å². The van der Waals surface area contributed by atoms with Gasteiger partial charge in [-0.2, -0.15) is 0 Å². The molecule has 1 aromatic carbocycles. The summed E-state index contributed by atoms with van der Waals surface area (Å²) in [4.78, 5) is 23.1. The fraction of sp³-hybridized carbons (Fsp3) is 0.200. The summed E-state index contributed by atoms with van der Waals surface area (Å²) in [6.45, 7) is 3.64. The van der Waals surface area contributed by atoms with Crippen molar-refractivity contribution in [3.8, 4) is 5.75 Å². The van der Waals surface area contributed by atoms with Gasteiger partial charge in [-0.15, -0.1) is 0 Å². The molecule has 0 aliphatic rings. The number of amides is 2. The lowest BCUT2D eigenvalue weighted by atomic mass is 10.1. The average molecular weight is 288 g/mol. The molecule has 0 spiro atoms. The Balaban J connectivity index is 1.80. The fourth-order valence-corrected chi connectivity index (χ4v) is 1.64. The largest absolute Gasteiger partial charge is 0.483 e. The number of rotatable bonds is 4. The van der Waals surface area contributed by atoms with Crippen LogP contribution in [-0.4, -0.2) is 18.4 Å². The lowest BCUT2D eigenvalue weighted by Gasteiger charge is -2.10. The molecule has 6 nitrogen and oxygen atoms in total. The molecule has 2 N–H and O–H groups in total. The lowest BCUT2D eigenvalue weighted by molar-refractivity contribution is -0.123. The van der Waals surface area contributed by atoms with Crippen LogP contribution in [0, 0.1) is 13.8 Å². The highest BCUT2D eigenvalue weighted by Crippen LogP contribution is 2.18. The van der Waals surface area contributed by atoms with E-state index in [0.717, 1.165) is 11.1 Å². The molecule has 0 fully saturated rings. The molecule has 2 amide bonds. The van der Waals surface area contributed by atoms with Crippen molar-refractivity contribution >= 4 is 11.8 Å². The summed E-state index contributed by atoms with van der Waals surface area (Å²) in [5.41, 5.74) is 6.47. The minimum atomic E-state index is -0.528. The zero-order valence-corrected chi connectivity index (χ0v) is 11.8. The quantitative estimate of drug-likeness (QED) is 0.840. The van der Waals surface area contributed by atoms with E-state index in [9.17, 15) is 9.59 Å². The zero-order valence-electron chi connectivity index (χ0n) is 11.8. The molecule has 110 valence electrons. The summed E-state index contributed by atoms with van der Waals surface area (Å²) in [5.74, 6) is -0.232. The van der Waals surface area contributed by atoms with Gasteiger partial charge in [0, 0.05) is 0 Å². The number of hydrogen-bond donors (Lipinski definition) is 2. The molecule has 0 unspecified atom stereocenters. The van der Waals surface area contributed by atoms with E-state index in [0.29, 0.717) is 5.75 Å². The number of hydrogen-bond acceptors (Lipinski definition) is 4. The molecule has 0 aliphatic carbocycles. The number of carbonyl (C=O) groups is 2. The summed E-state index contributed by atoms with van der Waals surface area (Å²) >= 11 is 0. The molecule has 0 radical (unpaired) electrons. The molecule has 1 heterocycles. The van der Waals surface area contributed by atoms with Crippen LogP contribution in [0.3, 0.4) is 0 Å². The third kappa shape index (κ3) is 4.10. The van der Waals surface area contributed by atoms with Gasteiger partial charge in [-0.25, -0.2) is 0 Å². The fourth-order valence-electron chi connectivity index (χ4n) is 1.64. The van der Waals surface area contributed by atoms with Gasteiger partial charge in [0.05, 0.1) is 6.26 Å². The average Bonchev–Trinajstić information content (AvgIpc) is 3.00. The van der Waals surface area contributed by atoms with Crippen molar-refractivity contribution in [3.63, 3.8) is 0 Å². The topological polar surface area (TPSA) is 80.6 Å². The van der Waals surface area contributed by atoms with Crippen LogP contribution < -0.4 is 15.6 Å². The lowest BCUT2D eigenvalue weighted by Crippen LogP contribution is -2.43. The second kappa shape index (κ2) is 6.60. The van der Waals surface area contributed by atoms with Crippen LogP contribution in [0.15, 0.2) is 41.0 Å². The maximum Gasteiger partial charge on any atom is 0.305 e. The predicted octanol–water partition coefficient (Wildman–Crippen LogP) is 1.74. The first kappa shape index (κ1) is 14.6. The third-order valence-electron chi connectivity index (χ3n) is 2.76. The summed E-state index contributed by atoms with van der Waals surface area (Å²) in [6, 6.07) is 8.81. The Kier molecular flexibility index (Phi) is 4.61. The van der Waals surface area contributed by atoms with Crippen LogP contribution >= 0.6 is 0 Å². The smallest absolute Gasteiger partial charge is 0.305 e. The van der Waals surface area contributed by atoms with Crippen molar-refractivity contribution < 1.29 is 18.7 Å². The van der Waals surface area contributed by atoms with Crippen LogP contribution in [0.25, 0.3) is 0 Å². The number of hydrazine groups is 1. The first-order valence-corrected chi connectivity index (χ1v) is 6.39. The summed E-state index contributed by atoms with van der Waals surface area (Å²) in [5, 5.41) is 0. The van der Waals surface area contributed by atoms with Crippen molar-refractivity contribution in [2.45, 2.75) is 13.8 Å². The maximum absolute atomic E-state index is 11.6. The number of benzene rings is 1. The van der Waals surface area contributed by atoms with Gasteiger partial charge in [0.15, 0.2) is 12.4 Å². The molecule has 0 saturated heterocycles. The molecule has 0 saturated carbocycles. The standard InChI is InChI=1S/C15H16N2O4/c1-10-5-6-11(2)13(8-10)21-9-14(18)16-17-15(19)12-4-3-7-20-12/h3-8H,9H2,1-2H3,(H,16,18)(H,17,19). The molecule has 0 atom stereocenters. The van der Waals surface area contributed by atoms with E-state index in [1.165, 1.54) is 12.3 Å². The SMILES string of the molecule is Cc1ccc(C)c(OCC(=O)NNC(=O)c2ccco2)c1. The van der Waals surface area contributed by atoms with E-state index in [1.54, 1.807) is 6.07 Å². The predicted molar refractivity (Wildman–Crippen MR) is 75.7 cm³/mol. The van der Waals surface area contributed by atoms with E-state index in [2.05, 4.69) is 10.9 Å². The number of furan rings is 1. The third-order valence-corrected chi connectivity index (χ3v) is 2.76. The highest BCUT2D eigenvalue weighted by molar-refractivity contribution is 5.92. The molecule has 1 aromatic heterocycles. The van der Waals surface area contributed by atoms with Gasteiger partial charge in [0.2, 0.25) is 0 Å². The highest BCUT2D eigenvalue weighted by atomic mass is 16.5. The van der Waals surface area contributed by atoms with Crippen molar-refractivity contribution in [1.29, 1.82) is 0 Å². The van der Waals surface area contributed by atoms with Crippen LogP contribution in [0.4, 0.5) is 0 Å². The van der Waals surface area contributed by atoms with Crippen molar-refractivity contribution in [1.82, 2.24) is 10.9 Å². The second-order valence-corrected chi connectivity index (χ2v) is 4.54. The molecular weight excluding hydrogens is 272 g/mol. The number of ether oxygens (including phenoxy) is 1. The van der Waals surface area contributed by atoms with E-state index < -0.39 is 11.8 Å². The normalized spacial score (nSPS) is 10.0. The Morgan fingerprint density at radius 2 is 2.00 bits per heavy atom. The Morgan fingerprint density at radius 3 is 2.71 bits per heavy atom. The molecule has 2 rings (SSSR count). The Bertz CT molecular complexity index is 635. The monoisotopic (exact) mass is 288 g/mol. The Hall–Kier alpha value is -2.76. The highest BCUT2D eigenvalue weighted by Gasteiger charge is 2.10. The summed E-state index contributed by atoms with van der Waals surface area (Å²) in [7, 11) is 0. The van der Waals surface area contributed by atoms with E-state index in [1.807, 2.05) is 32.0 Å². The minimum Gasteiger partial charge on any atom is -0.483 e. The van der Waals surface area contributed by atoms with Crippen LogP contribution in [0.2, 0.25) is 0 Å². The molecule has 21 heavy (non-hydrogen) atoms. The molecule has 6 heteroatoms. The Morgan fingerprint density at radius 1 is 1.19 bits per heavy atom. The van der Waals surface area contributed by atoms with E-state index in [4.69, 9.17) is 9.15 Å². The summed E-state index contributed by atoms with van der Waals surface area (Å²) in [6.07, 6.45) is 1.38. The minimum absolute atomic E-state index is 0.116. The zero-order chi connectivity index (χ0) is 15.2. The van der Waals surface area contributed by atoms with Gasteiger partial charge in [-0.3, -0.25) is 20.4 Å². The number of nitrogens with one attached hydrogen (secondary N) is 2. The molecule has 0 aliphatic heterocycles. The Labute approximate surface area is 122 Å². The van der Waals surface area contributed by atoms with Gasteiger partial charge in [0.1, 0.15) is 5.75 Å². The van der Waals surface area contributed by atoms with E-state index in [-0.39, 0.29) is 12.4 Å². The van der Waals surface area contributed by atoms with Crippen LogP contribution in [0.5, 0.6) is 5.75 Å². The van der Waals surface area contributed by atoms with Gasteiger partial charge < -0.3 is 9.15 Å².